The monoisotopic (exact) mass is 229 g/mol. The van der Waals surface area contributed by atoms with Crippen LogP contribution in [0.4, 0.5) is 4.79 Å². The minimum Gasteiger partial charge on any atom is -0.465 e. The van der Waals surface area contributed by atoms with Gasteiger partial charge in [-0.1, -0.05) is 20.8 Å². The molecule has 16 heavy (non-hydrogen) atoms. The summed E-state index contributed by atoms with van der Waals surface area (Å²) in [5.74, 6) is 0. The van der Waals surface area contributed by atoms with Gasteiger partial charge in [0.2, 0.25) is 4.91 Å². The molecule has 1 saturated heterocycles. The Hall–Kier alpha value is -1.46. The van der Waals surface area contributed by atoms with E-state index >= 15 is 0 Å². The van der Waals surface area contributed by atoms with Gasteiger partial charge in [-0.05, 0) is 5.41 Å². The average molecular weight is 229 g/mol. The lowest BCUT2D eigenvalue weighted by Crippen LogP contribution is -2.50. The molecule has 1 unspecified atom stereocenters. The summed E-state index contributed by atoms with van der Waals surface area (Å²) in [6, 6.07) is -0.871. The summed E-state index contributed by atoms with van der Waals surface area (Å²) in [7, 11) is 0. The number of hydrogen-bond acceptors (Lipinski definition) is 4. The Morgan fingerprint density at radius 3 is 2.69 bits per heavy atom. The highest BCUT2D eigenvalue weighted by atomic mass is 16.5. The molecular weight excluding hydrogens is 212 g/mol. The Kier molecular flexibility index (Phi) is 3.62. The fourth-order valence-electron chi connectivity index (χ4n) is 1.89. The predicted octanol–water partition coefficient (Wildman–Crippen LogP) is 0.986. The molecule has 1 fully saturated rings. The Morgan fingerprint density at radius 2 is 2.25 bits per heavy atom. The zero-order valence-corrected chi connectivity index (χ0v) is 9.60. The smallest absolute Gasteiger partial charge is 0.405 e. The first kappa shape index (κ1) is 12.6. The van der Waals surface area contributed by atoms with Crippen LogP contribution in [0, 0.1) is 10.9 Å². The van der Waals surface area contributed by atoms with Gasteiger partial charge >= 0.3 is 6.09 Å². The normalized spacial score (nSPS) is 29.6. The van der Waals surface area contributed by atoms with Crippen LogP contribution < -0.4 is 10.2 Å². The van der Waals surface area contributed by atoms with Crippen molar-refractivity contribution in [2.24, 2.45) is 10.5 Å². The highest BCUT2D eigenvalue weighted by Gasteiger charge is 2.46. The van der Waals surface area contributed by atoms with Gasteiger partial charge in [-0.25, -0.2) is 4.79 Å². The molecule has 7 heteroatoms. The number of ether oxygens (including phenoxy) is 1. The molecule has 0 spiro atoms. The van der Waals surface area contributed by atoms with E-state index in [0.717, 1.165) is 0 Å². The van der Waals surface area contributed by atoms with Crippen molar-refractivity contribution in [2.75, 3.05) is 6.61 Å². The molecule has 1 heterocycles. The molecule has 0 radical (unpaired) electrons. The maximum absolute atomic E-state index is 10.7. The summed E-state index contributed by atoms with van der Waals surface area (Å²) < 4.78 is 5.53. The maximum Gasteiger partial charge on any atom is 0.405 e. The van der Waals surface area contributed by atoms with Crippen molar-refractivity contribution in [3.05, 3.63) is 0 Å². The maximum atomic E-state index is 10.7. The number of amides is 1. The van der Waals surface area contributed by atoms with Crippen molar-refractivity contribution in [3.8, 4) is 0 Å². The third-order valence-corrected chi connectivity index (χ3v) is 2.54. The zero-order valence-electron chi connectivity index (χ0n) is 9.60. The van der Waals surface area contributed by atoms with E-state index in [1.54, 1.807) is 0 Å². The minimum absolute atomic E-state index is 0.195. The lowest BCUT2D eigenvalue weighted by atomic mass is 9.84. The molecule has 0 aliphatic carbocycles. The average Bonchev–Trinajstić information content (AvgIpc) is 2.47. The molecule has 1 aliphatic rings. The van der Waals surface area contributed by atoms with Crippen molar-refractivity contribution < 1.29 is 14.6 Å². The van der Waals surface area contributed by atoms with Gasteiger partial charge in [0.05, 0.1) is 18.8 Å². The number of hydrogen-bond donors (Lipinski definition) is 3. The molecule has 0 aromatic rings. The van der Waals surface area contributed by atoms with Gasteiger partial charge < -0.3 is 15.2 Å². The van der Waals surface area contributed by atoms with Crippen molar-refractivity contribution in [1.82, 2.24) is 10.2 Å². The molecule has 0 aromatic carbocycles. The van der Waals surface area contributed by atoms with Crippen molar-refractivity contribution in [1.29, 1.82) is 5.53 Å². The molecule has 90 valence electrons. The second kappa shape index (κ2) is 4.59. The standard InChI is InChI=1S/C9H16N4O3/c1-9(2,3)7-6(11-8(14)15)5(4-16-7)12-13-10/h5-7,10-11H,4H2,1-3H3/p+1/t5-,6-,7?/m1/s1. The molecule has 0 bridgehead atoms. The quantitative estimate of drug-likeness (QED) is 0.485. The molecule has 7 nitrogen and oxygen atoms in total. The largest absolute Gasteiger partial charge is 0.465 e. The predicted molar refractivity (Wildman–Crippen MR) is 55.2 cm³/mol. The number of carbonyl (C=O) groups is 1. The van der Waals surface area contributed by atoms with Crippen molar-refractivity contribution in [2.45, 2.75) is 39.0 Å². The van der Waals surface area contributed by atoms with Crippen molar-refractivity contribution in [3.63, 3.8) is 0 Å². The highest BCUT2D eigenvalue weighted by Crippen LogP contribution is 2.31. The lowest BCUT2D eigenvalue weighted by Gasteiger charge is -2.30. The SMILES string of the molecule is CC(C)(C)C1OC[C@@H](N=[N+]=N)[C@H]1NC(=O)O. The molecule has 1 aliphatic heterocycles. The van der Waals surface area contributed by atoms with E-state index in [1.807, 2.05) is 20.8 Å². The fourth-order valence-corrected chi connectivity index (χ4v) is 1.89. The van der Waals surface area contributed by atoms with E-state index in [1.165, 1.54) is 0 Å². The molecule has 1 amide bonds. The van der Waals surface area contributed by atoms with Crippen LogP contribution in [0.2, 0.25) is 0 Å². The van der Waals surface area contributed by atoms with E-state index < -0.39 is 18.2 Å². The molecule has 3 N–H and O–H groups in total. The molecular formula is C9H17N4O3+. The fraction of sp³-hybridized carbons (Fsp3) is 0.889. The van der Waals surface area contributed by atoms with Crippen LogP contribution in [-0.2, 0) is 4.74 Å². The zero-order chi connectivity index (χ0) is 12.3. The number of carboxylic acid groups (broad SMARTS) is 1. The summed E-state index contributed by atoms with van der Waals surface area (Å²) in [5, 5.41) is 14.8. The Morgan fingerprint density at radius 1 is 1.62 bits per heavy atom. The summed E-state index contributed by atoms with van der Waals surface area (Å²) >= 11 is 0. The van der Waals surface area contributed by atoms with E-state index in [4.69, 9.17) is 15.4 Å². The summed E-state index contributed by atoms with van der Waals surface area (Å²) in [5.41, 5.74) is 6.49. The summed E-state index contributed by atoms with van der Waals surface area (Å²) in [4.78, 5) is 13.6. The van der Waals surface area contributed by atoms with Crippen LogP contribution in [0.15, 0.2) is 5.11 Å². The first-order valence-electron chi connectivity index (χ1n) is 5.04. The van der Waals surface area contributed by atoms with Crippen molar-refractivity contribution >= 4 is 6.09 Å². The third-order valence-electron chi connectivity index (χ3n) is 2.54. The van der Waals surface area contributed by atoms with Crippen LogP contribution in [0.3, 0.4) is 0 Å². The van der Waals surface area contributed by atoms with Crippen LogP contribution in [0.25, 0.3) is 0 Å². The second-order valence-corrected chi connectivity index (χ2v) is 4.88. The van der Waals surface area contributed by atoms with Crippen LogP contribution in [0.1, 0.15) is 20.8 Å². The Bertz CT molecular complexity index is 319. The summed E-state index contributed by atoms with van der Waals surface area (Å²) in [6.07, 6.45) is -1.38. The Labute approximate surface area is 93.4 Å². The highest BCUT2D eigenvalue weighted by molar-refractivity contribution is 5.65. The van der Waals surface area contributed by atoms with E-state index in [2.05, 4.69) is 15.3 Å². The van der Waals surface area contributed by atoms with E-state index in [-0.39, 0.29) is 18.1 Å². The van der Waals surface area contributed by atoms with Gasteiger partial charge in [-0.15, -0.1) is 0 Å². The molecule has 3 atom stereocenters. The van der Waals surface area contributed by atoms with Gasteiger partial charge in [0.15, 0.2) is 6.04 Å². The Balaban J connectivity index is 2.87. The first-order valence-corrected chi connectivity index (χ1v) is 5.04. The number of rotatable bonds is 2. The topological polar surface area (TPSA) is 109 Å². The van der Waals surface area contributed by atoms with E-state index in [0.29, 0.717) is 0 Å². The summed E-state index contributed by atoms with van der Waals surface area (Å²) in [6.45, 7) is 6.19. The van der Waals surface area contributed by atoms with Gasteiger partial charge in [0.25, 0.3) is 0 Å². The molecule has 0 saturated carbocycles. The van der Waals surface area contributed by atoms with Gasteiger partial charge in [-0.3, -0.25) is 0 Å². The van der Waals surface area contributed by atoms with E-state index in [9.17, 15) is 4.79 Å². The third kappa shape index (κ3) is 2.77. The van der Waals surface area contributed by atoms with Gasteiger partial charge in [-0.2, -0.15) is 0 Å². The van der Waals surface area contributed by atoms with Gasteiger partial charge in [0.1, 0.15) is 10.6 Å². The molecule has 1 rings (SSSR count). The van der Waals surface area contributed by atoms with Crippen LogP contribution in [-0.4, -0.2) is 36.0 Å². The number of nitrogens with one attached hydrogen (secondary N) is 2. The molecule has 0 aromatic heterocycles. The first-order chi connectivity index (χ1) is 7.36. The lowest BCUT2D eigenvalue weighted by molar-refractivity contribution is 0.0166. The van der Waals surface area contributed by atoms with Crippen LogP contribution >= 0.6 is 0 Å². The van der Waals surface area contributed by atoms with Gasteiger partial charge in [0, 0.05) is 0 Å². The number of nitrogens with zero attached hydrogens (tertiary/aromatic N) is 2. The second-order valence-electron chi connectivity index (χ2n) is 4.88. The minimum atomic E-state index is -1.12. The van der Waals surface area contributed by atoms with Crippen LogP contribution in [0.5, 0.6) is 0 Å².